The van der Waals surface area contributed by atoms with Gasteiger partial charge in [-0.2, -0.15) is 0 Å². The van der Waals surface area contributed by atoms with Crippen LogP contribution in [0.3, 0.4) is 0 Å². The topological polar surface area (TPSA) is 109 Å². The number of aromatic nitrogens is 2. The number of phenolic OH excluding ortho intramolecular Hbond substituents is 1. The summed E-state index contributed by atoms with van der Waals surface area (Å²) in [7, 11) is 0. The first-order valence-electron chi connectivity index (χ1n) is 6.02. The van der Waals surface area contributed by atoms with Crippen LogP contribution in [0.25, 0.3) is 22.3 Å². The number of fused-ring (bicyclic) bond motifs is 1. The summed E-state index contributed by atoms with van der Waals surface area (Å²) in [5.41, 5.74) is 0.577. The molecule has 0 bridgehead atoms. The predicted octanol–water partition coefficient (Wildman–Crippen LogP) is 2.20. The fraction of sp³-hybridized carbons (Fsp3) is 0. The van der Waals surface area contributed by atoms with Crippen molar-refractivity contribution in [3.05, 3.63) is 62.9 Å². The molecular formula is C14H9AcN3O4. The fourth-order valence-corrected chi connectivity index (χ4v) is 2.00. The van der Waals surface area contributed by atoms with Gasteiger partial charge in [0.15, 0.2) is 0 Å². The van der Waals surface area contributed by atoms with Crippen LogP contribution in [0.4, 0.5) is 5.69 Å². The van der Waals surface area contributed by atoms with Gasteiger partial charge in [0.1, 0.15) is 11.6 Å². The minimum Gasteiger partial charge on any atom is -0.508 e. The van der Waals surface area contributed by atoms with Crippen molar-refractivity contribution in [3.8, 4) is 17.1 Å². The summed E-state index contributed by atoms with van der Waals surface area (Å²) in [5, 5.41) is 20.3. The van der Waals surface area contributed by atoms with E-state index < -0.39 is 4.92 Å². The van der Waals surface area contributed by atoms with E-state index >= 15 is 0 Å². The van der Waals surface area contributed by atoms with Crippen LogP contribution in [0.1, 0.15) is 0 Å². The summed E-state index contributed by atoms with van der Waals surface area (Å²) in [6.45, 7) is 0. The Morgan fingerprint density at radius 1 is 1.14 bits per heavy atom. The quantitative estimate of drug-likeness (QED) is 0.406. The molecule has 3 aromatic rings. The third kappa shape index (κ3) is 3.18. The van der Waals surface area contributed by atoms with Gasteiger partial charge < -0.3 is 10.1 Å². The second-order valence-electron chi connectivity index (χ2n) is 4.42. The van der Waals surface area contributed by atoms with Crippen molar-refractivity contribution in [2.24, 2.45) is 0 Å². The maximum atomic E-state index is 12.0. The van der Waals surface area contributed by atoms with E-state index in [1.165, 1.54) is 42.5 Å². The summed E-state index contributed by atoms with van der Waals surface area (Å²) in [6.07, 6.45) is 0. The van der Waals surface area contributed by atoms with Crippen molar-refractivity contribution in [1.29, 1.82) is 0 Å². The molecule has 0 spiro atoms. The number of non-ortho nitro benzene ring substituents is 1. The van der Waals surface area contributed by atoms with Crippen LogP contribution in [-0.4, -0.2) is 20.0 Å². The molecule has 0 unspecified atom stereocenters. The zero-order chi connectivity index (χ0) is 15.0. The van der Waals surface area contributed by atoms with Gasteiger partial charge in [0.25, 0.3) is 11.2 Å². The molecule has 0 saturated carbocycles. The molecule has 2 aromatic carbocycles. The number of phenols is 1. The third-order valence-electron chi connectivity index (χ3n) is 3.04. The molecule has 0 saturated heterocycles. The number of benzene rings is 2. The first kappa shape index (κ1) is 16.6. The second kappa shape index (κ2) is 6.55. The molecule has 0 aliphatic carbocycles. The normalized spacial score (nSPS) is 10.2. The van der Waals surface area contributed by atoms with Gasteiger partial charge in [-0.05, 0) is 30.3 Å². The zero-order valence-corrected chi connectivity index (χ0v) is 15.9. The summed E-state index contributed by atoms with van der Waals surface area (Å²) < 4.78 is 0. The number of nitrogens with one attached hydrogen (secondary N) is 1. The standard InChI is InChI=1S/C14H9N3O4.Ac/c18-10-5-6-12-11(7-10)14(19)16-13(15-12)8-1-3-9(4-2-8)17(20)21;/h1-7,18H,(H,15,16,19);. The molecule has 2 N–H and O–H groups in total. The maximum absolute atomic E-state index is 12.0. The number of nitro groups is 1. The summed E-state index contributed by atoms with van der Waals surface area (Å²) in [5.74, 6) is 0.297. The zero-order valence-electron chi connectivity index (χ0n) is 11.2. The molecule has 22 heavy (non-hydrogen) atoms. The van der Waals surface area contributed by atoms with E-state index in [9.17, 15) is 20.0 Å². The number of nitro benzene ring substituents is 1. The summed E-state index contributed by atoms with van der Waals surface area (Å²) >= 11 is 0. The molecule has 8 heteroatoms. The number of hydrogen-bond donors (Lipinski definition) is 2. The van der Waals surface area contributed by atoms with Crippen molar-refractivity contribution in [1.82, 2.24) is 9.97 Å². The molecule has 107 valence electrons. The molecule has 1 heterocycles. The molecule has 1 aromatic heterocycles. The number of nitrogens with zero attached hydrogens (tertiary/aromatic N) is 2. The van der Waals surface area contributed by atoms with Crippen LogP contribution in [0.5, 0.6) is 5.75 Å². The molecule has 0 amide bonds. The molecule has 0 aliphatic rings. The first-order valence-corrected chi connectivity index (χ1v) is 6.02. The van der Waals surface area contributed by atoms with Crippen LogP contribution in [0.15, 0.2) is 47.3 Å². The monoisotopic (exact) mass is 510 g/mol. The molecule has 0 fully saturated rings. The molecule has 0 aliphatic heterocycles. The Labute approximate surface area is 159 Å². The van der Waals surface area contributed by atoms with E-state index in [0.717, 1.165) is 0 Å². The molecule has 3 rings (SSSR count). The van der Waals surface area contributed by atoms with E-state index in [2.05, 4.69) is 9.97 Å². The Hall–Kier alpha value is -1.78. The van der Waals surface area contributed by atoms with Gasteiger partial charge in [-0.15, -0.1) is 0 Å². The van der Waals surface area contributed by atoms with Crippen LogP contribution in [0, 0.1) is 54.2 Å². The largest absolute Gasteiger partial charge is 0.508 e. The van der Waals surface area contributed by atoms with Gasteiger partial charge in [-0.25, -0.2) is 4.98 Å². The van der Waals surface area contributed by atoms with E-state index in [-0.39, 0.29) is 66.4 Å². The van der Waals surface area contributed by atoms with E-state index in [1.54, 1.807) is 0 Å². The first-order chi connectivity index (χ1) is 10.0. The smallest absolute Gasteiger partial charge is 0.269 e. The number of aromatic hydroxyl groups is 1. The number of hydrogen-bond acceptors (Lipinski definition) is 5. The van der Waals surface area contributed by atoms with Crippen LogP contribution in [-0.2, 0) is 0 Å². The van der Waals surface area contributed by atoms with Gasteiger partial charge in [0, 0.05) is 61.8 Å². The van der Waals surface area contributed by atoms with Crippen LogP contribution < -0.4 is 5.56 Å². The van der Waals surface area contributed by atoms with Crippen molar-refractivity contribution in [2.75, 3.05) is 0 Å². The molecule has 1 radical (unpaired) electrons. The average Bonchev–Trinajstić information content (AvgIpc) is 2.48. The Morgan fingerprint density at radius 3 is 2.45 bits per heavy atom. The van der Waals surface area contributed by atoms with Gasteiger partial charge in [0.2, 0.25) is 0 Å². The minimum absolute atomic E-state index is 0. The Bertz CT molecular complexity index is 906. The Morgan fingerprint density at radius 2 is 1.82 bits per heavy atom. The second-order valence-corrected chi connectivity index (χ2v) is 4.42. The van der Waals surface area contributed by atoms with Gasteiger partial charge in [-0.3, -0.25) is 14.9 Å². The van der Waals surface area contributed by atoms with E-state index in [1.807, 2.05) is 0 Å². The SMILES string of the molecule is O=c1[nH]c(-c2ccc([N+](=O)[O-])cc2)nc2ccc(O)cc12.[Ac]. The van der Waals surface area contributed by atoms with E-state index in [4.69, 9.17) is 0 Å². The van der Waals surface area contributed by atoms with Crippen molar-refractivity contribution in [3.63, 3.8) is 0 Å². The van der Waals surface area contributed by atoms with Crippen molar-refractivity contribution in [2.45, 2.75) is 0 Å². The van der Waals surface area contributed by atoms with Crippen molar-refractivity contribution >= 4 is 16.6 Å². The molecular weight excluding hydrogens is 501 g/mol. The maximum Gasteiger partial charge on any atom is 0.269 e. The van der Waals surface area contributed by atoms with Gasteiger partial charge in [-0.1, -0.05) is 0 Å². The average molecular weight is 510 g/mol. The number of rotatable bonds is 2. The predicted molar refractivity (Wildman–Crippen MR) is 76.1 cm³/mol. The Kier molecular flexibility index (Phi) is 4.94. The number of H-pyrrole nitrogens is 1. The van der Waals surface area contributed by atoms with Crippen LogP contribution in [0.2, 0.25) is 0 Å². The number of aromatic amines is 1. The third-order valence-corrected chi connectivity index (χ3v) is 3.04. The summed E-state index contributed by atoms with van der Waals surface area (Å²) in [4.78, 5) is 29.0. The van der Waals surface area contributed by atoms with Crippen molar-refractivity contribution < 1.29 is 54.1 Å². The molecule has 0 atom stereocenters. The fourth-order valence-electron chi connectivity index (χ4n) is 2.00. The van der Waals surface area contributed by atoms with Gasteiger partial charge >= 0.3 is 0 Å². The van der Waals surface area contributed by atoms with Gasteiger partial charge in [0.05, 0.1) is 15.8 Å². The molecule has 7 nitrogen and oxygen atoms in total. The Balaban J connectivity index is 0.00000176. The van der Waals surface area contributed by atoms with Crippen LogP contribution >= 0.6 is 0 Å². The minimum atomic E-state index is -0.497. The summed E-state index contributed by atoms with van der Waals surface area (Å²) in [6, 6.07) is 10.0. The van der Waals surface area contributed by atoms with E-state index in [0.29, 0.717) is 16.9 Å².